The monoisotopic (exact) mass is 1040 g/mol. The van der Waals surface area contributed by atoms with Crippen molar-refractivity contribution in [3.63, 3.8) is 0 Å². The molecular weight excluding hydrogens is 974 g/mol. The molecular formula is C54H67Br2N5O6. The third-order valence-corrected chi connectivity index (χ3v) is 12.0. The molecule has 1 N–H and O–H groups in total. The fourth-order valence-electron chi connectivity index (χ4n) is 6.73. The molecule has 0 bridgehead atoms. The van der Waals surface area contributed by atoms with Crippen LogP contribution in [0.25, 0.3) is 0 Å². The lowest BCUT2D eigenvalue weighted by atomic mass is 9.87. The molecule has 3 unspecified atom stereocenters. The van der Waals surface area contributed by atoms with Gasteiger partial charge < -0.3 is 19.5 Å². The highest BCUT2D eigenvalue weighted by Gasteiger charge is 2.33. The largest absolute Gasteiger partial charge is 0.443 e. The molecule has 3 fully saturated rings. The summed E-state index contributed by atoms with van der Waals surface area (Å²) in [4.78, 5) is 42.2. The van der Waals surface area contributed by atoms with Gasteiger partial charge in [-0.2, -0.15) is 4.99 Å². The fourth-order valence-corrected chi connectivity index (χ4v) is 7.44. The van der Waals surface area contributed by atoms with E-state index < -0.39 is 0 Å². The van der Waals surface area contributed by atoms with Crippen LogP contribution in [0.4, 0.5) is 26.7 Å². The van der Waals surface area contributed by atoms with E-state index in [9.17, 15) is 14.4 Å². The Balaban J connectivity index is 0.000000202. The minimum atomic E-state index is -0.263. The van der Waals surface area contributed by atoms with Crippen LogP contribution < -0.4 is 15.1 Å². The third kappa shape index (κ3) is 19.5. The molecule has 0 saturated carbocycles. The number of likely N-dealkylation sites (N-methyl/N-ethyl adjacent to an activating group) is 1. The van der Waals surface area contributed by atoms with Crippen molar-refractivity contribution in [3.05, 3.63) is 162 Å². The number of carbonyl (C=O) groups excluding carboxylic acids is 3. The van der Waals surface area contributed by atoms with Gasteiger partial charge in [-0.25, -0.2) is 14.4 Å². The number of cyclic esters (lactones) is 2. The Morgan fingerprint density at radius 2 is 1.06 bits per heavy atom. The maximum absolute atomic E-state index is 12.1. The first-order valence-corrected chi connectivity index (χ1v) is 24.7. The molecule has 5 aromatic rings. The van der Waals surface area contributed by atoms with Gasteiger partial charge in [-0.1, -0.05) is 177 Å². The number of para-hydroxylation sites is 3. The van der Waals surface area contributed by atoms with Crippen LogP contribution in [0, 0.1) is 0 Å². The Morgan fingerprint density at radius 3 is 1.43 bits per heavy atom. The van der Waals surface area contributed by atoms with Crippen LogP contribution in [0.2, 0.25) is 0 Å². The van der Waals surface area contributed by atoms with E-state index in [0.717, 1.165) is 42.9 Å². The summed E-state index contributed by atoms with van der Waals surface area (Å²) < 4.78 is 15.5. The predicted octanol–water partition coefficient (Wildman–Crippen LogP) is 12.0. The van der Waals surface area contributed by atoms with Crippen molar-refractivity contribution in [2.45, 2.75) is 83.8 Å². The normalized spacial score (nSPS) is 17.1. The second-order valence-corrected chi connectivity index (χ2v) is 19.6. The summed E-state index contributed by atoms with van der Waals surface area (Å²) >= 11 is 6.55. The van der Waals surface area contributed by atoms with Crippen molar-refractivity contribution >= 4 is 67.2 Å². The van der Waals surface area contributed by atoms with Gasteiger partial charge in [0.15, 0.2) is 0 Å². The van der Waals surface area contributed by atoms with Gasteiger partial charge in [0.1, 0.15) is 12.2 Å². The molecule has 358 valence electrons. The van der Waals surface area contributed by atoms with Crippen molar-refractivity contribution in [2.24, 2.45) is 4.99 Å². The van der Waals surface area contributed by atoms with Crippen molar-refractivity contribution in [3.8, 4) is 0 Å². The molecule has 13 heteroatoms. The lowest BCUT2D eigenvalue weighted by Gasteiger charge is -2.22. The number of alkyl halides is 2. The second kappa shape index (κ2) is 27.6. The number of benzene rings is 5. The average Bonchev–Trinajstić information content (AvgIpc) is 3.99. The molecule has 5 aromatic carbocycles. The average molecular weight is 1040 g/mol. The smallest absolute Gasteiger partial charge is 0.414 e. The number of halogens is 2. The SMILES string of the molecule is BrCC1CO1.CN(Cc1ccc(C(C)(C)C)cc1)CC1CN(c2ccccc2)C(=O)O1.CNCc1ccc(C(C)(C)C)cc1.O=C1OC(CBr)CN1c1ccccc1.O=C=Nc1ccccc1. The predicted molar refractivity (Wildman–Crippen MR) is 279 cm³/mol. The first-order chi connectivity index (χ1) is 32.0. The van der Waals surface area contributed by atoms with E-state index >= 15 is 0 Å². The van der Waals surface area contributed by atoms with E-state index in [-0.39, 0.29) is 35.2 Å². The Labute approximate surface area is 415 Å². The molecule has 3 atom stereocenters. The Kier molecular flexibility index (Phi) is 22.5. The Bertz CT molecular complexity index is 2250. The summed E-state index contributed by atoms with van der Waals surface area (Å²) in [6, 6.07) is 45.8. The van der Waals surface area contributed by atoms with Crippen LogP contribution in [0.5, 0.6) is 0 Å². The topological polar surface area (TPSA) is 116 Å². The lowest BCUT2D eigenvalue weighted by molar-refractivity contribution is 0.115. The maximum atomic E-state index is 12.1. The van der Waals surface area contributed by atoms with Gasteiger partial charge >= 0.3 is 12.2 Å². The number of rotatable bonds is 11. The van der Waals surface area contributed by atoms with Crippen molar-refractivity contribution < 1.29 is 28.6 Å². The van der Waals surface area contributed by atoms with Gasteiger partial charge in [-0.3, -0.25) is 14.7 Å². The number of ether oxygens (including phenoxy) is 3. The van der Waals surface area contributed by atoms with Gasteiger partial charge in [0.25, 0.3) is 0 Å². The van der Waals surface area contributed by atoms with E-state index in [1.807, 2.05) is 85.9 Å². The summed E-state index contributed by atoms with van der Waals surface area (Å²) in [5.74, 6) is 0. The van der Waals surface area contributed by atoms with E-state index in [0.29, 0.717) is 30.2 Å². The molecule has 0 aromatic heterocycles. The first-order valence-electron chi connectivity index (χ1n) is 22.5. The van der Waals surface area contributed by atoms with Crippen LogP contribution in [0.3, 0.4) is 0 Å². The van der Waals surface area contributed by atoms with E-state index in [1.165, 1.54) is 28.3 Å². The second-order valence-electron chi connectivity index (χ2n) is 18.3. The zero-order valence-electron chi connectivity index (χ0n) is 40.2. The Morgan fingerprint density at radius 1 is 0.642 bits per heavy atom. The summed E-state index contributed by atoms with van der Waals surface area (Å²) in [6.07, 6.45) is 1.34. The number of aliphatic imine (C=N–C) groups is 1. The molecule has 0 spiro atoms. The molecule has 0 radical (unpaired) electrons. The number of amides is 2. The van der Waals surface area contributed by atoms with Crippen LogP contribution in [-0.4, -0.2) is 92.5 Å². The zero-order valence-corrected chi connectivity index (χ0v) is 43.3. The van der Waals surface area contributed by atoms with E-state index in [2.05, 4.69) is 144 Å². The van der Waals surface area contributed by atoms with Gasteiger partial charge in [0, 0.05) is 41.7 Å². The molecule has 3 saturated heterocycles. The number of anilines is 2. The number of nitrogens with zero attached hydrogens (tertiary/aromatic N) is 4. The highest BCUT2D eigenvalue weighted by atomic mass is 79.9. The Hall–Kier alpha value is -5.14. The molecule has 11 nitrogen and oxygen atoms in total. The standard InChI is InChI=1S/C22H28N2O2.C12H19N.C10H10BrNO2.C7H5NO.C3H5BrO/c1-22(2,3)18-12-10-17(11-13-18)14-23(4)15-20-16-24(21(25)26-20)19-8-6-5-7-9-19;1-12(2,3)11-7-5-10(6-8-11)9-13-4;11-6-9-7-12(10(13)14-9)8-4-2-1-3-5-8;9-6-8-7-4-2-1-3-5-7;4-1-3-2-5-3/h5-13,20H,14-16H2,1-4H3;5-8,13H,9H2,1-4H3;1-5,9H,6-7H2;1-5H;3H,1-2H2. The minimum Gasteiger partial charge on any atom is -0.443 e. The van der Waals surface area contributed by atoms with Crippen molar-refractivity contribution in [1.82, 2.24) is 10.2 Å². The summed E-state index contributed by atoms with van der Waals surface area (Å²) in [6.45, 7) is 18.1. The molecule has 3 heterocycles. The molecule has 2 amide bonds. The number of hydrogen-bond donors (Lipinski definition) is 1. The molecule has 0 aliphatic carbocycles. The van der Waals surface area contributed by atoms with Crippen LogP contribution in [0.15, 0.2) is 145 Å². The third-order valence-electron chi connectivity index (χ3n) is 10.6. The quantitative estimate of drug-likeness (QED) is 0.0602. The first kappa shape index (κ1) is 54.5. The minimum absolute atomic E-state index is 0.0392. The fraction of sp³-hybridized carbons (Fsp3) is 0.389. The van der Waals surface area contributed by atoms with Crippen LogP contribution in [0.1, 0.15) is 63.8 Å². The van der Waals surface area contributed by atoms with Crippen LogP contribution >= 0.6 is 31.9 Å². The zero-order chi connectivity index (χ0) is 48.8. The maximum Gasteiger partial charge on any atom is 0.414 e. The molecule has 8 rings (SSSR count). The number of nitrogens with one attached hydrogen (secondary N) is 1. The van der Waals surface area contributed by atoms with Gasteiger partial charge in [-0.15, -0.1) is 0 Å². The van der Waals surface area contributed by atoms with Crippen molar-refractivity contribution in [2.75, 3.05) is 60.8 Å². The van der Waals surface area contributed by atoms with Gasteiger partial charge in [-0.05, 0) is 83.6 Å². The number of isocyanates is 1. The summed E-state index contributed by atoms with van der Waals surface area (Å²) in [5, 5.41) is 4.83. The van der Waals surface area contributed by atoms with E-state index in [4.69, 9.17) is 14.2 Å². The summed E-state index contributed by atoms with van der Waals surface area (Å²) in [7, 11) is 4.04. The number of hydrogen-bond acceptors (Lipinski definition) is 9. The highest BCUT2D eigenvalue weighted by molar-refractivity contribution is 9.09. The van der Waals surface area contributed by atoms with Crippen molar-refractivity contribution in [1.29, 1.82) is 0 Å². The number of epoxide rings is 1. The molecule has 67 heavy (non-hydrogen) atoms. The van der Waals surface area contributed by atoms with Crippen LogP contribution in [-0.2, 0) is 42.9 Å². The molecule has 3 aliphatic heterocycles. The highest BCUT2D eigenvalue weighted by Crippen LogP contribution is 2.25. The van der Waals surface area contributed by atoms with Gasteiger partial charge in [0.05, 0.1) is 31.5 Å². The number of carbonyl (C=O) groups is 2. The van der Waals surface area contributed by atoms with E-state index in [1.54, 1.807) is 21.9 Å². The van der Waals surface area contributed by atoms with Gasteiger partial charge in [0.2, 0.25) is 6.08 Å². The molecule has 3 aliphatic rings. The summed E-state index contributed by atoms with van der Waals surface area (Å²) in [5.41, 5.74) is 8.20. The lowest BCUT2D eigenvalue weighted by Crippen LogP contribution is -2.32.